The van der Waals surface area contributed by atoms with Crippen LogP contribution < -0.4 is 0 Å². The summed E-state index contributed by atoms with van der Waals surface area (Å²) in [5, 5.41) is 88.0. The Balaban J connectivity index is 1.34. The average molecular weight is 767 g/mol. The Morgan fingerprint density at radius 1 is 0.907 bits per heavy atom. The van der Waals surface area contributed by atoms with Gasteiger partial charge in [0.25, 0.3) is 0 Å². The van der Waals surface area contributed by atoms with Crippen molar-refractivity contribution in [3.63, 3.8) is 0 Å². The highest BCUT2D eigenvalue weighted by atomic mass is 16.7. The average Bonchev–Trinajstić information content (AvgIpc) is 3.11. The highest BCUT2D eigenvalue weighted by Crippen LogP contribution is 2.76. The molecule has 5 fully saturated rings. The number of aliphatic hydroxyl groups excluding tert-OH is 7. The fraction of sp³-hybridized carbons (Fsp3) is 0.902. The van der Waals surface area contributed by atoms with E-state index in [9.17, 15) is 50.4 Å². The van der Waals surface area contributed by atoms with Gasteiger partial charge in [0.2, 0.25) is 0 Å². The largest absolute Gasteiger partial charge is 0.479 e. The smallest absolute Gasteiger partial charge is 0.335 e. The summed E-state index contributed by atoms with van der Waals surface area (Å²) in [6.07, 6.45) is -5.81. The first-order valence-corrected chi connectivity index (χ1v) is 20.1. The number of carbonyl (C=O) groups excluding carboxylic acids is 1. The monoisotopic (exact) mass is 766 g/mol. The van der Waals surface area contributed by atoms with E-state index in [0.29, 0.717) is 44.9 Å². The van der Waals surface area contributed by atoms with E-state index in [0.717, 1.165) is 12.0 Å². The van der Waals surface area contributed by atoms with Crippen molar-refractivity contribution in [3.05, 3.63) is 11.6 Å². The quantitative estimate of drug-likeness (QED) is 0.101. The molecule has 6 aliphatic rings. The molecular formula is C41H66O13. The molecule has 5 aliphatic carbocycles. The Bertz CT molecular complexity index is 1480. The number of carboxylic acid groups (broad SMARTS) is 1. The minimum Gasteiger partial charge on any atom is -0.479 e. The van der Waals surface area contributed by atoms with Crippen molar-refractivity contribution in [2.24, 2.45) is 56.2 Å². The van der Waals surface area contributed by atoms with E-state index < -0.39 is 82.8 Å². The molecule has 0 spiro atoms. The number of carboxylic acids is 1. The molecule has 0 bridgehead atoms. The molecule has 0 aromatic rings. The minimum absolute atomic E-state index is 0.0601. The Labute approximate surface area is 319 Å². The molecule has 1 saturated heterocycles. The van der Waals surface area contributed by atoms with Crippen LogP contribution in [-0.2, 0) is 23.8 Å². The molecule has 8 N–H and O–H groups in total. The lowest BCUT2D eigenvalue weighted by atomic mass is 9.33. The van der Waals surface area contributed by atoms with E-state index in [1.165, 1.54) is 0 Å². The number of hydrogen-bond acceptors (Lipinski definition) is 12. The summed E-state index contributed by atoms with van der Waals surface area (Å²) in [7, 11) is 0. The standard InChI is InChI=1S/C41H66O13/c1-9-20(2)34(51)52-19-41-22(16-36(3,4)31(47)32(41)48)21-10-11-24-37(5)14-13-26(53-35-29(46)27(44)28(45)30(54-35)33(49)50)38(6,18-42)23(37)12-15-39(24,7)40(21,8)17-25(41)43/h10,20,22-32,35,42-48H,9,11-19H2,1-8H3,(H,49,50)/t20-,22-,23+,24+,25-,26-,27-,28-,29+,30-,31-,32-,35+,37-,38-,39+,40+,41-/m0/s1. The van der Waals surface area contributed by atoms with Crippen LogP contribution in [0.3, 0.4) is 0 Å². The van der Waals surface area contributed by atoms with E-state index in [1.54, 1.807) is 6.92 Å². The van der Waals surface area contributed by atoms with E-state index >= 15 is 0 Å². The Morgan fingerprint density at radius 2 is 1.57 bits per heavy atom. The molecule has 13 nitrogen and oxygen atoms in total. The van der Waals surface area contributed by atoms with E-state index in [-0.39, 0.29) is 53.7 Å². The number of fused-ring (bicyclic) bond motifs is 7. The second-order valence-corrected chi connectivity index (χ2v) is 19.7. The van der Waals surface area contributed by atoms with Crippen molar-refractivity contribution < 1.29 is 64.7 Å². The molecule has 0 radical (unpaired) electrons. The Hall–Kier alpha value is -1.68. The van der Waals surface area contributed by atoms with Crippen LogP contribution >= 0.6 is 0 Å². The number of aliphatic carboxylic acids is 1. The van der Waals surface area contributed by atoms with Gasteiger partial charge in [0.15, 0.2) is 12.4 Å². The van der Waals surface area contributed by atoms with Crippen LogP contribution in [-0.4, -0.2) is 121 Å². The van der Waals surface area contributed by atoms with Gasteiger partial charge >= 0.3 is 11.9 Å². The second-order valence-electron chi connectivity index (χ2n) is 19.7. The van der Waals surface area contributed by atoms with Gasteiger partial charge in [-0.15, -0.1) is 0 Å². The molecule has 54 heavy (non-hydrogen) atoms. The summed E-state index contributed by atoms with van der Waals surface area (Å²) in [6, 6.07) is 0. The minimum atomic E-state index is -1.84. The maximum atomic E-state index is 13.0. The lowest BCUT2D eigenvalue weighted by molar-refractivity contribution is -0.328. The molecule has 6 rings (SSSR count). The number of rotatable bonds is 8. The predicted molar refractivity (Wildman–Crippen MR) is 194 cm³/mol. The number of esters is 1. The van der Waals surface area contributed by atoms with Gasteiger partial charge < -0.3 is 55.1 Å². The van der Waals surface area contributed by atoms with Gasteiger partial charge in [-0.25, -0.2) is 4.79 Å². The molecule has 0 aromatic heterocycles. The summed E-state index contributed by atoms with van der Waals surface area (Å²) in [5.41, 5.74) is -2.80. The third kappa shape index (κ3) is 5.80. The van der Waals surface area contributed by atoms with Crippen LogP contribution in [0, 0.1) is 56.2 Å². The Kier molecular flexibility index (Phi) is 10.9. The van der Waals surface area contributed by atoms with E-state index in [4.69, 9.17) is 14.2 Å². The van der Waals surface area contributed by atoms with E-state index in [1.807, 2.05) is 27.7 Å². The van der Waals surface area contributed by atoms with Gasteiger partial charge in [-0.3, -0.25) is 4.79 Å². The third-order valence-electron chi connectivity index (χ3n) is 16.8. The topological polar surface area (TPSA) is 224 Å². The SMILES string of the molecule is CC[C@H](C)C(=O)OC[C@@]12[C@@H](O)C[C@]3(C)C(=CC[C@@H]4[C@@]5(C)CC[C@H](O[C@@H]6O[C@H](C(=O)O)[C@@H](O)[C@H](O)[C@H]6O)[C@@](C)(CO)[C@@H]5CC[C@]43C)[C@@H]1CC(C)(C)[C@@H](O)[C@@H]2O. The van der Waals surface area contributed by atoms with Crippen LogP contribution in [0.1, 0.15) is 107 Å². The van der Waals surface area contributed by atoms with Crippen LogP contribution in [0.2, 0.25) is 0 Å². The molecule has 13 heteroatoms. The zero-order valence-electron chi connectivity index (χ0n) is 33.3. The number of hydrogen-bond donors (Lipinski definition) is 8. The van der Waals surface area contributed by atoms with Crippen molar-refractivity contribution >= 4 is 11.9 Å². The van der Waals surface area contributed by atoms with Crippen molar-refractivity contribution in [3.8, 4) is 0 Å². The highest BCUT2D eigenvalue weighted by Gasteiger charge is 2.73. The maximum absolute atomic E-state index is 13.0. The zero-order chi connectivity index (χ0) is 40.1. The van der Waals surface area contributed by atoms with Crippen LogP contribution in [0.15, 0.2) is 11.6 Å². The number of aliphatic hydroxyl groups is 7. The van der Waals surface area contributed by atoms with Crippen molar-refractivity contribution in [2.75, 3.05) is 13.2 Å². The summed E-state index contributed by atoms with van der Waals surface area (Å²) >= 11 is 0. The lowest BCUT2D eigenvalue weighted by Crippen LogP contribution is -2.72. The first-order chi connectivity index (χ1) is 25.0. The molecule has 18 atom stereocenters. The summed E-state index contributed by atoms with van der Waals surface area (Å²) in [6.45, 7) is 15.9. The van der Waals surface area contributed by atoms with Gasteiger partial charge in [-0.1, -0.05) is 67.0 Å². The second kappa shape index (κ2) is 14.0. The highest BCUT2D eigenvalue weighted by molar-refractivity contribution is 5.73. The van der Waals surface area contributed by atoms with Crippen molar-refractivity contribution in [2.45, 2.75) is 162 Å². The molecular weight excluding hydrogens is 700 g/mol. The number of allylic oxidation sites excluding steroid dienone is 2. The van der Waals surface area contributed by atoms with Gasteiger partial charge in [0.1, 0.15) is 24.9 Å². The van der Waals surface area contributed by atoms with Gasteiger partial charge in [0.05, 0.1) is 42.4 Å². The molecule has 4 saturated carbocycles. The molecule has 308 valence electrons. The van der Waals surface area contributed by atoms with E-state index in [2.05, 4.69) is 26.8 Å². The van der Waals surface area contributed by atoms with Crippen LogP contribution in [0.4, 0.5) is 0 Å². The summed E-state index contributed by atoms with van der Waals surface area (Å²) in [4.78, 5) is 24.8. The van der Waals surface area contributed by atoms with Gasteiger partial charge in [-0.05, 0) is 90.8 Å². The van der Waals surface area contributed by atoms with Crippen LogP contribution in [0.5, 0.6) is 0 Å². The number of ether oxygens (including phenoxy) is 3. The summed E-state index contributed by atoms with van der Waals surface area (Å²) < 4.78 is 17.7. The van der Waals surface area contributed by atoms with Crippen molar-refractivity contribution in [1.29, 1.82) is 0 Å². The predicted octanol–water partition coefficient (Wildman–Crippen LogP) is 2.54. The number of carbonyl (C=O) groups is 2. The molecule has 1 aliphatic heterocycles. The fourth-order valence-corrected chi connectivity index (χ4v) is 12.9. The van der Waals surface area contributed by atoms with Crippen LogP contribution in [0.25, 0.3) is 0 Å². The summed E-state index contributed by atoms with van der Waals surface area (Å²) in [5.74, 6) is -2.53. The van der Waals surface area contributed by atoms with Crippen molar-refractivity contribution in [1.82, 2.24) is 0 Å². The molecule has 0 amide bonds. The van der Waals surface area contributed by atoms with Gasteiger partial charge in [-0.2, -0.15) is 0 Å². The molecule has 0 unspecified atom stereocenters. The third-order valence-corrected chi connectivity index (χ3v) is 16.8. The first kappa shape index (κ1) is 41.9. The normalized spacial score (nSPS) is 51.7. The first-order valence-electron chi connectivity index (χ1n) is 20.1. The molecule has 1 heterocycles. The zero-order valence-corrected chi connectivity index (χ0v) is 33.3. The van der Waals surface area contributed by atoms with Gasteiger partial charge in [0, 0.05) is 5.41 Å². The Morgan fingerprint density at radius 3 is 2.19 bits per heavy atom. The maximum Gasteiger partial charge on any atom is 0.335 e. The molecule has 0 aromatic carbocycles. The fourth-order valence-electron chi connectivity index (χ4n) is 12.9. The lowest BCUT2D eigenvalue weighted by Gasteiger charge is -2.72.